The summed E-state index contributed by atoms with van der Waals surface area (Å²) in [5.41, 5.74) is 2.34. The summed E-state index contributed by atoms with van der Waals surface area (Å²) in [6, 6.07) is 9.16. The number of benzene rings is 1. The Kier molecular flexibility index (Phi) is 4.14. The number of carbonyl (C=O) groups excluding carboxylic acids is 1. The molecule has 1 aromatic carbocycles. The van der Waals surface area contributed by atoms with E-state index >= 15 is 0 Å². The number of rotatable bonds is 4. The van der Waals surface area contributed by atoms with E-state index in [1.54, 1.807) is 4.68 Å². The van der Waals surface area contributed by atoms with Crippen molar-refractivity contribution in [3.8, 4) is 0 Å². The lowest BCUT2D eigenvalue weighted by Crippen LogP contribution is -2.40. The largest absolute Gasteiger partial charge is 0.480 e. The summed E-state index contributed by atoms with van der Waals surface area (Å²) in [6.45, 7) is 2.91. The highest BCUT2D eigenvalue weighted by molar-refractivity contribution is 5.97. The first-order valence-corrected chi connectivity index (χ1v) is 7.68. The van der Waals surface area contributed by atoms with Gasteiger partial charge in [0.05, 0.1) is 18.3 Å². The van der Waals surface area contributed by atoms with Gasteiger partial charge in [0.1, 0.15) is 6.04 Å². The molecule has 1 saturated heterocycles. The summed E-state index contributed by atoms with van der Waals surface area (Å²) in [4.78, 5) is 25.4. The van der Waals surface area contributed by atoms with Crippen molar-refractivity contribution < 1.29 is 14.7 Å². The predicted molar refractivity (Wildman–Crippen MR) is 84.2 cm³/mol. The van der Waals surface area contributed by atoms with Gasteiger partial charge in [0.2, 0.25) is 0 Å². The van der Waals surface area contributed by atoms with Gasteiger partial charge in [-0.3, -0.25) is 9.48 Å². The molecule has 0 spiro atoms. The fraction of sp³-hybridized carbons (Fsp3) is 0.353. The summed E-state index contributed by atoms with van der Waals surface area (Å²) in [7, 11) is 0. The van der Waals surface area contributed by atoms with Gasteiger partial charge in [-0.15, -0.1) is 0 Å². The van der Waals surface area contributed by atoms with Crippen LogP contribution < -0.4 is 0 Å². The van der Waals surface area contributed by atoms with Gasteiger partial charge in [-0.1, -0.05) is 30.3 Å². The lowest BCUT2D eigenvalue weighted by Gasteiger charge is -2.21. The normalized spacial score (nSPS) is 17.4. The molecule has 6 nitrogen and oxygen atoms in total. The maximum Gasteiger partial charge on any atom is 0.326 e. The highest BCUT2D eigenvalue weighted by atomic mass is 16.4. The average Bonchev–Trinajstić information content (AvgIpc) is 3.16. The molecule has 0 aliphatic carbocycles. The molecule has 2 heterocycles. The molecule has 23 heavy (non-hydrogen) atoms. The summed E-state index contributed by atoms with van der Waals surface area (Å²) in [5.74, 6) is -1.18. The van der Waals surface area contributed by atoms with E-state index in [1.165, 1.54) is 11.1 Å². The fourth-order valence-electron chi connectivity index (χ4n) is 2.99. The van der Waals surface area contributed by atoms with Crippen molar-refractivity contribution in [2.24, 2.45) is 0 Å². The van der Waals surface area contributed by atoms with Crippen LogP contribution in [-0.2, 0) is 11.3 Å². The number of aromatic nitrogens is 2. The SMILES string of the molecule is Cc1c(C(=O)N2CCCC2C(=O)O)cnn1Cc1ccccc1. The molecule has 1 aliphatic rings. The van der Waals surface area contributed by atoms with E-state index in [9.17, 15) is 14.7 Å². The van der Waals surface area contributed by atoms with Crippen molar-refractivity contribution in [2.75, 3.05) is 6.54 Å². The zero-order valence-corrected chi connectivity index (χ0v) is 13.0. The molecule has 6 heteroatoms. The first kappa shape index (κ1) is 15.3. The van der Waals surface area contributed by atoms with Gasteiger partial charge in [0.25, 0.3) is 5.91 Å². The van der Waals surface area contributed by atoms with Crippen LogP contribution in [0.3, 0.4) is 0 Å². The number of hydrogen-bond donors (Lipinski definition) is 1. The Morgan fingerprint density at radius 3 is 2.74 bits per heavy atom. The van der Waals surface area contributed by atoms with Gasteiger partial charge in [0, 0.05) is 12.2 Å². The van der Waals surface area contributed by atoms with Crippen molar-refractivity contribution in [3.05, 3.63) is 53.3 Å². The highest BCUT2D eigenvalue weighted by Crippen LogP contribution is 2.22. The molecule has 1 amide bonds. The van der Waals surface area contributed by atoms with Gasteiger partial charge in [-0.2, -0.15) is 5.10 Å². The number of aliphatic carboxylic acids is 1. The second kappa shape index (κ2) is 6.24. The van der Waals surface area contributed by atoms with E-state index in [-0.39, 0.29) is 5.91 Å². The molecule has 1 atom stereocenters. The average molecular weight is 313 g/mol. The third-order valence-electron chi connectivity index (χ3n) is 4.31. The van der Waals surface area contributed by atoms with E-state index in [4.69, 9.17) is 0 Å². The minimum atomic E-state index is -0.940. The van der Waals surface area contributed by atoms with Crippen molar-refractivity contribution in [1.29, 1.82) is 0 Å². The molecular formula is C17H19N3O3. The number of hydrogen-bond acceptors (Lipinski definition) is 3. The molecule has 1 fully saturated rings. The van der Waals surface area contributed by atoms with Gasteiger partial charge in [-0.25, -0.2) is 4.79 Å². The Morgan fingerprint density at radius 1 is 1.30 bits per heavy atom. The van der Waals surface area contributed by atoms with Crippen molar-refractivity contribution in [2.45, 2.75) is 32.4 Å². The second-order valence-electron chi connectivity index (χ2n) is 5.78. The maximum atomic E-state index is 12.7. The van der Waals surface area contributed by atoms with Crippen LogP contribution in [-0.4, -0.2) is 44.3 Å². The molecule has 2 aromatic rings. The number of carboxylic acids is 1. The lowest BCUT2D eigenvalue weighted by molar-refractivity contribution is -0.141. The molecule has 1 unspecified atom stereocenters. The van der Waals surface area contributed by atoms with E-state index in [0.29, 0.717) is 25.1 Å². The van der Waals surface area contributed by atoms with Crippen LogP contribution in [0.2, 0.25) is 0 Å². The monoisotopic (exact) mass is 313 g/mol. The van der Waals surface area contributed by atoms with Crippen LogP contribution in [0.4, 0.5) is 0 Å². The Bertz CT molecular complexity index is 724. The van der Waals surface area contributed by atoms with Crippen LogP contribution in [0.25, 0.3) is 0 Å². The smallest absolute Gasteiger partial charge is 0.326 e. The standard InChI is InChI=1S/C17H19N3O3/c1-12-14(16(21)19-9-5-8-15(19)17(22)23)10-18-20(12)11-13-6-3-2-4-7-13/h2-4,6-7,10,15H,5,8-9,11H2,1H3,(H,22,23). The third-order valence-corrected chi connectivity index (χ3v) is 4.31. The van der Waals surface area contributed by atoms with E-state index in [2.05, 4.69) is 5.10 Å². The number of carbonyl (C=O) groups is 2. The van der Waals surface area contributed by atoms with Crippen LogP contribution >= 0.6 is 0 Å². The molecule has 0 radical (unpaired) electrons. The lowest BCUT2D eigenvalue weighted by atomic mass is 10.2. The van der Waals surface area contributed by atoms with Crippen LogP contribution in [0.5, 0.6) is 0 Å². The van der Waals surface area contributed by atoms with Crippen molar-refractivity contribution in [3.63, 3.8) is 0 Å². The van der Waals surface area contributed by atoms with E-state index in [0.717, 1.165) is 17.7 Å². The predicted octanol–water partition coefficient (Wildman–Crippen LogP) is 1.93. The van der Waals surface area contributed by atoms with Crippen LogP contribution in [0, 0.1) is 6.92 Å². The fourth-order valence-corrected chi connectivity index (χ4v) is 2.99. The first-order chi connectivity index (χ1) is 11.1. The summed E-state index contributed by atoms with van der Waals surface area (Å²) < 4.78 is 1.77. The quantitative estimate of drug-likeness (QED) is 0.936. The van der Waals surface area contributed by atoms with Gasteiger partial charge in [0.15, 0.2) is 0 Å². The third kappa shape index (κ3) is 2.97. The zero-order chi connectivity index (χ0) is 16.4. The van der Waals surface area contributed by atoms with Crippen LogP contribution in [0.15, 0.2) is 36.5 Å². The molecule has 1 aromatic heterocycles. The molecule has 0 bridgehead atoms. The Labute approximate surface area is 134 Å². The summed E-state index contributed by atoms with van der Waals surface area (Å²) in [6.07, 6.45) is 2.77. The van der Waals surface area contributed by atoms with E-state index < -0.39 is 12.0 Å². The minimum Gasteiger partial charge on any atom is -0.480 e. The number of amides is 1. The van der Waals surface area contributed by atoms with Gasteiger partial charge in [-0.05, 0) is 25.3 Å². The molecular weight excluding hydrogens is 294 g/mol. The Balaban J connectivity index is 1.81. The van der Waals surface area contributed by atoms with E-state index in [1.807, 2.05) is 37.3 Å². The molecule has 1 N–H and O–H groups in total. The number of nitrogens with zero attached hydrogens (tertiary/aromatic N) is 3. The van der Waals surface area contributed by atoms with Crippen LogP contribution in [0.1, 0.15) is 34.5 Å². The Hall–Kier alpha value is -2.63. The zero-order valence-electron chi connectivity index (χ0n) is 13.0. The van der Waals surface area contributed by atoms with Crippen molar-refractivity contribution >= 4 is 11.9 Å². The minimum absolute atomic E-state index is 0.244. The number of carboxylic acid groups (broad SMARTS) is 1. The molecule has 3 rings (SSSR count). The molecule has 120 valence electrons. The number of likely N-dealkylation sites (tertiary alicyclic amines) is 1. The Morgan fingerprint density at radius 2 is 2.04 bits per heavy atom. The molecule has 0 saturated carbocycles. The van der Waals surface area contributed by atoms with Gasteiger partial charge < -0.3 is 10.0 Å². The summed E-state index contributed by atoms with van der Waals surface area (Å²) in [5, 5.41) is 13.5. The second-order valence-corrected chi connectivity index (χ2v) is 5.78. The van der Waals surface area contributed by atoms with Crippen molar-refractivity contribution in [1.82, 2.24) is 14.7 Å². The summed E-state index contributed by atoms with van der Waals surface area (Å²) >= 11 is 0. The maximum absolute atomic E-state index is 12.7. The topological polar surface area (TPSA) is 75.4 Å². The first-order valence-electron chi connectivity index (χ1n) is 7.68. The molecule has 1 aliphatic heterocycles. The highest BCUT2D eigenvalue weighted by Gasteiger charge is 2.35. The van der Waals surface area contributed by atoms with Gasteiger partial charge >= 0.3 is 5.97 Å².